The van der Waals surface area contributed by atoms with E-state index in [1.807, 2.05) is 4.90 Å². The van der Waals surface area contributed by atoms with Crippen LogP contribution in [-0.2, 0) is 4.79 Å². The van der Waals surface area contributed by atoms with Gasteiger partial charge in [-0.15, -0.1) is 0 Å². The Morgan fingerprint density at radius 1 is 1.47 bits per heavy atom. The molecule has 0 spiro atoms. The zero-order valence-electron chi connectivity index (χ0n) is 9.94. The van der Waals surface area contributed by atoms with Gasteiger partial charge in [-0.3, -0.25) is 9.69 Å². The average molecular weight is 214 g/mol. The number of carboxylic acids is 1. The van der Waals surface area contributed by atoms with Crippen LogP contribution < -0.4 is 0 Å². The van der Waals surface area contributed by atoms with Gasteiger partial charge in [0.1, 0.15) is 0 Å². The number of aliphatic carboxylic acids is 1. The zero-order chi connectivity index (χ0) is 11.4. The fraction of sp³-hybridized carbons (Fsp3) is 0.909. The summed E-state index contributed by atoms with van der Waals surface area (Å²) in [6.07, 6.45) is 0. The van der Waals surface area contributed by atoms with Gasteiger partial charge in [0.05, 0.1) is 6.54 Å². The van der Waals surface area contributed by atoms with Crippen molar-refractivity contribution in [2.24, 2.45) is 5.92 Å². The van der Waals surface area contributed by atoms with Crippen LogP contribution in [0.25, 0.3) is 0 Å². The van der Waals surface area contributed by atoms with E-state index in [2.05, 4.69) is 25.7 Å². The van der Waals surface area contributed by atoms with E-state index in [9.17, 15) is 4.79 Å². The largest absolute Gasteiger partial charge is 0.480 e. The van der Waals surface area contributed by atoms with Gasteiger partial charge in [0.2, 0.25) is 0 Å². The van der Waals surface area contributed by atoms with E-state index < -0.39 is 5.97 Å². The maximum atomic E-state index is 10.6. The second-order valence-electron chi connectivity index (χ2n) is 4.87. The van der Waals surface area contributed by atoms with Crippen LogP contribution in [-0.4, -0.2) is 59.6 Å². The molecule has 0 aromatic heterocycles. The summed E-state index contributed by atoms with van der Waals surface area (Å²) in [5.41, 5.74) is 0. The van der Waals surface area contributed by atoms with Gasteiger partial charge in [-0.25, -0.2) is 0 Å². The van der Waals surface area contributed by atoms with Gasteiger partial charge in [-0.1, -0.05) is 13.8 Å². The molecule has 0 radical (unpaired) electrons. The number of hydrogen-bond donors (Lipinski definition) is 1. The Morgan fingerprint density at radius 3 is 2.60 bits per heavy atom. The van der Waals surface area contributed by atoms with Crippen molar-refractivity contribution in [2.75, 3.05) is 32.7 Å². The van der Waals surface area contributed by atoms with E-state index in [0.717, 1.165) is 26.2 Å². The van der Waals surface area contributed by atoms with E-state index in [4.69, 9.17) is 5.11 Å². The molecule has 0 aliphatic carbocycles. The molecule has 0 aromatic carbocycles. The van der Waals surface area contributed by atoms with E-state index in [1.54, 1.807) is 0 Å². The smallest absolute Gasteiger partial charge is 0.317 e. The molecule has 1 fully saturated rings. The summed E-state index contributed by atoms with van der Waals surface area (Å²) in [5.74, 6) is -0.0395. The molecule has 1 aliphatic rings. The lowest BCUT2D eigenvalue weighted by atomic mass is 10.1. The zero-order valence-corrected chi connectivity index (χ0v) is 9.94. The Hall–Kier alpha value is -0.610. The number of carboxylic acid groups (broad SMARTS) is 1. The molecule has 1 unspecified atom stereocenters. The molecular formula is C11H22N2O2. The van der Waals surface area contributed by atoms with E-state index >= 15 is 0 Å². The van der Waals surface area contributed by atoms with Gasteiger partial charge in [0.25, 0.3) is 0 Å². The van der Waals surface area contributed by atoms with Gasteiger partial charge >= 0.3 is 5.97 Å². The first-order chi connectivity index (χ1) is 6.99. The maximum Gasteiger partial charge on any atom is 0.317 e. The number of hydrogen-bond acceptors (Lipinski definition) is 3. The average Bonchev–Trinajstić information content (AvgIpc) is 2.08. The molecule has 0 saturated carbocycles. The lowest BCUT2D eigenvalue weighted by Crippen LogP contribution is -2.53. The van der Waals surface area contributed by atoms with Gasteiger partial charge in [-0.05, 0) is 12.8 Å². The summed E-state index contributed by atoms with van der Waals surface area (Å²) in [6, 6.07) is 0.355. The highest BCUT2D eigenvalue weighted by atomic mass is 16.4. The monoisotopic (exact) mass is 214 g/mol. The van der Waals surface area contributed by atoms with Crippen LogP contribution in [0.2, 0.25) is 0 Å². The van der Waals surface area contributed by atoms with Crippen molar-refractivity contribution in [2.45, 2.75) is 26.8 Å². The van der Waals surface area contributed by atoms with Gasteiger partial charge in [0.15, 0.2) is 0 Å². The van der Waals surface area contributed by atoms with Gasteiger partial charge < -0.3 is 10.0 Å². The summed E-state index contributed by atoms with van der Waals surface area (Å²) in [4.78, 5) is 15.1. The van der Waals surface area contributed by atoms with Crippen LogP contribution in [0.1, 0.15) is 20.8 Å². The molecule has 1 aliphatic heterocycles. The second-order valence-corrected chi connectivity index (χ2v) is 4.87. The first-order valence-electron chi connectivity index (χ1n) is 5.67. The molecule has 1 heterocycles. The Bertz CT molecular complexity index is 219. The van der Waals surface area contributed by atoms with Crippen LogP contribution in [0.4, 0.5) is 0 Å². The molecule has 0 amide bonds. The third kappa shape index (κ3) is 4.18. The predicted octanol–water partition coefficient (Wildman–Crippen LogP) is 0.733. The number of piperazine rings is 1. The minimum absolute atomic E-state index is 0.177. The van der Waals surface area contributed by atoms with E-state index in [-0.39, 0.29) is 6.54 Å². The molecule has 0 aromatic rings. The standard InChI is InChI=1S/C11H22N2O2/c1-9(2)6-12-4-5-13(8-11(14)15)10(3)7-12/h9-10H,4-8H2,1-3H3,(H,14,15). The molecule has 15 heavy (non-hydrogen) atoms. The first-order valence-corrected chi connectivity index (χ1v) is 5.67. The predicted molar refractivity (Wildman–Crippen MR) is 59.9 cm³/mol. The number of carbonyl (C=O) groups is 1. The summed E-state index contributed by atoms with van der Waals surface area (Å²) in [7, 11) is 0. The molecule has 1 N–H and O–H groups in total. The molecule has 4 heteroatoms. The van der Waals surface area contributed by atoms with Crippen LogP contribution >= 0.6 is 0 Å². The normalized spacial score (nSPS) is 24.7. The van der Waals surface area contributed by atoms with E-state index in [1.165, 1.54) is 0 Å². The third-order valence-corrected chi connectivity index (χ3v) is 2.81. The van der Waals surface area contributed by atoms with Crippen molar-refractivity contribution in [3.8, 4) is 0 Å². The van der Waals surface area contributed by atoms with Crippen molar-refractivity contribution in [1.82, 2.24) is 9.80 Å². The summed E-state index contributed by atoms with van der Waals surface area (Å²) < 4.78 is 0. The maximum absolute atomic E-state index is 10.6. The van der Waals surface area contributed by atoms with Crippen molar-refractivity contribution in [3.63, 3.8) is 0 Å². The Kier molecular flexibility index (Phi) is 4.54. The van der Waals surface area contributed by atoms with Gasteiger partial charge in [-0.2, -0.15) is 0 Å². The quantitative estimate of drug-likeness (QED) is 0.749. The molecule has 4 nitrogen and oxygen atoms in total. The van der Waals surface area contributed by atoms with E-state index in [0.29, 0.717) is 12.0 Å². The first kappa shape index (κ1) is 12.5. The highest BCUT2D eigenvalue weighted by Gasteiger charge is 2.24. The van der Waals surface area contributed by atoms with Crippen molar-refractivity contribution >= 4 is 5.97 Å². The lowest BCUT2D eigenvalue weighted by molar-refractivity contribution is -0.139. The lowest BCUT2D eigenvalue weighted by Gasteiger charge is -2.39. The Labute approximate surface area is 91.9 Å². The van der Waals surface area contributed by atoms with Crippen LogP contribution in [0.3, 0.4) is 0 Å². The topological polar surface area (TPSA) is 43.8 Å². The fourth-order valence-corrected chi connectivity index (χ4v) is 2.16. The number of rotatable bonds is 4. The van der Waals surface area contributed by atoms with Gasteiger partial charge in [0, 0.05) is 32.2 Å². The Balaban J connectivity index is 2.37. The summed E-state index contributed by atoms with van der Waals surface area (Å²) in [5, 5.41) is 8.74. The van der Waals surface area contributed by atoms with Crippen LogP contribution in [0.15, 0.2) is 0 Å². The fourth-order valence-electron chi connectivity index (χ4n) is 2.16. The Morgan fingerprint density at radius 2 is 2.13 bits per heavy atom. The van der Waals surface area contributed by atoms with Crippen molar-refractivity contribution in [1.29, 1.82) is 0 Å². The van der Waals surface area contributed by atoms with Crippen molar-refractivity contribution < 1.29 is 9.90 Å². The van der Waals surface area contributed by atoms with Crippen molar-refractivity contribution in [3.05, 3.63) is 0 Å². The molecule has 0 bridgehead atoms. The molecule has 1 atom stereocenters. The highest BCUT2D eigenvalue weighted by Crippen LogP contribution is 2.10. The second kappa shape index (κ2) is 5.47. The highest BCUT2D eigenvalue weighted by molar-refractivity contribution is 5.69. The third-order valence-electron chi connectivity index (χ3n) is 2.81. The minimum atomic E-state index is -0.723. The SMILES string of the molecule is CC(C)CN1CCN(CC(=O)O)C(C)C1. The number of nitrogens with zero attached hydrogens (tertiary/aromatic N) is 2. The molecule has 1 saturated heterocycles. The molecular weight excluding hydrogens is 192 g/mol. The van der Waals surface area contributed by atoms with Crippen LogP contribution in [0.5, 0.6) is 0 Å². The van der Waals surface area contributed by atoms with Crippen LogP contribution in [0, 0.1) is 5.92 Å². The molecule has 1 rings (SSSR count). The summed E-state index contributed by atoms with van der Waals surface area (Å²) >= 11 is 0. The minimum Gasteiger partial charge on any atom is -0.480 e. The molecule has 88 valence electrons. The summed E-state index contributed by atoms with van der Waals surface area (Å²) in [6.45, 7) is 10.7.